The molecule has 9 heavy (non-hydrogen) atoms. The minimum absolute atomic E-state index is 1.64. The van der Waals surface area contributed by atoms with Crippen molar-refractivity contribution in [2.24, 2.45) is 0 Å². The lowest BCUT2D eigenvalue weighted by atomic mass is 11.2. The molecule has 0 spiro atoms. The van der Waals surface area contributed by atoms with Crippen molar-refractivity contribution in [3.05, 3.63) is 49.1 Å². The molecule has 0 aromatic heterocycles. The first-order chi connectivity index (χ1) is 4.24. The van der Waals surface area contributed by atoms with Crippen LogP contribution in [-0.2, 0) is 0 Å². The maximum atomic E-state index is 3.69. The van der Waals surface area contributed by atoms with Crippen molar-refractivity contribution in [3.63, 3.8) is 0 Å². The lowest BCUT2D eigenvalue weighted by Crippen LogP contribution is -2.22. The van der Waals surface area contributed by atoms with E-state index in [2.05, 4.69) is 26.3 Å². The molecule has 0 aliphatic heterocycles. The van der Waals surface area contributed by atoms with E-state index in [0.717, 1.165) is 0 Å². The zero-order valence-electron chi connectivity index (χ0n) is 5.64. The van der Waals surface area contributed by atoms with E-state index in [4.69, 9.17) is 0 Å². The predicted octanol–water partition coefficient (Wildman–Crippen LogP) is 2.34. The SMILES string of the molecule is C=C[Si](C=C)(C=C)C=C. The third-order valence-corrected chi connectivity index (χ3v) is 4.24. The van der Waals surface area contributed by atoms with E-state index in [9.17, 15) is 0 Å². The Bertz CT molecular complexity index is 107. The van der Waals surface area contributed by atoms with Crippen LogP contribution in [0.5, 0.6) is 0 Å². The highest BCUT2D eigenvalue weighted by molar-refractivity contribution is 6.97. The number of hydrogen-bond acceptors (Lipinski definition) is 0. The van der Waals surface area contributed by atoms with Gasteiger partial charge in [0.2, 0.25) is 0 Å². The van der Waals surface area contributed by atoms with Crippen LogP contribution in [0.2, 0.25) is 0 Å². The van der Waals surface area contributed by atoms with Gasteiger partial charge in [0.05, 0.1) is 0 Å². The molecule has 0 heterocycles. The van der Waals surface area contributed by atoms with Crippen molar-refractivity contribution in [2.45, 2.75) is 0 Å². The molecule has 0 atom stereocenters. The zero-order valence-corrected chi connectivity index (χ0v) is 6.64. The molecule has 1 heteroatoms. The Labute approximate surface area is 57.9 Å². The summed E-state index contributed by atoms with van der Waals surface area (Å²) in [6, 6.07) is 0. The highest BCUT2D eigenvalue weighted by Crippen LogP contribution is 2.06. The minimum atomic E-state index is -1.64. The molecule has 0 aromatic carbocycles. The molecule has 0 aliphatic rings. The normalized spacial score (nSPS) is 9.78. The van der Waals surface area contributed by atoms with Gasteiger partial charge in [0.25, 0.3) is 0 Å². The van der Waals surface area contributed by atoms with Crippen LogP contribution in [0.1, 0.15) is 0 Å². The Morgan fingerprint density at radius 1 is 0.667 bits per heavy atom. The van der Waals surface area contributed by atoms with E-state index in [-0.39, 0.29) is 0 Å². The third-order valence-electron chi connectivity index (χ3n) is 1.41. The molecule has 0 nitrogen and oxygen atoms in total. The molecule has 0 amide bonds. The van der Waals surface area contributed by atoms with Gasteiger partial charge in [0.15, 0.2) is 0 Å². The summed E-state index contributed by atoms with van der Waals surface area (Å²) in [4.78, 5) is 0. The van der Waals surface area contributed by atoms with Crippen molar-refractivity contribution in [2.75, 3.05) is 0 Å². The molecule has 0 bridgehead atoms. The van der Waals surface area contributed by atoms with Gasteiger partial charge in [-0.3, -0.25) is 0 Å². The third kappa shape index (κ3) is 1.54. The topological polar surface area (TPSA) is 0 Å². The van der Waals surface area contributed by atoms with Crippen LogP contribution in [0.4, 0.5) is 0 Å². The van der Waals surface area contributed by atoms with Gasteiger partial charge < -0.3 is 0 Å². The lowest BCUT2D eigenvalue weighted by molar-refractivity contribution is 2.08. The molecule has 0 radical (unpaired) electrons. The monoisotopic (exact) mass is 136 g/mol. The average Bonchev–Trinajstić information content (AvgIpc) is 1.95. The van der Waals surface area contributed by atoms with Gasteiger partial charge >= 0.3 is 0 Å². The highest BCUT2D eigenvalue weighted by Gasteiger charge is 2.14. The summed E-state index contributed by atoms with van der Waals surface area (Å²) in [6.07, 6.45) is 0. The van der Waals surface area contributed by atoms with Crippen LogP contribution >= 0.6 is 0 Å². The Hall–Kier alpha value is -0.823. The van der Waals surface area contributed by atoms with Gasteiger partial charge in [-0.25, -0.2) is 0 Å². The van der Waals surface area contributed by atoms with Gasteiger partial charge in [0.1, 0.15) is 8.07 Å². The van der Waals surface area contributed by atoms with Crippen molar-refractivity contribution in [1.82, 2.24) is 0 Å². The van der Waals surface area contributed by atoms with Crippen LogP contribution in [0.25, 0.3) is 0 Å². The molecule has 0 fully saturated rings. The van der Waals surface area contributed by atoms with Gasteiger partial charge in [-0.05, 0) is 0 Å². The van der Waals surface area contributed by atoms with Crippen LogP contribution < -0.4 is 0 Å². The average molecular weight is 136 g/mol. The molecule has 0 aromatic rings. The van der Waals surface area contributed by atoms with E-state index >= 15 is 0 Å². The van der Waals surface area contributed by atoms with Gasteiger partial charge in [-0.2, -0.15) is 0 Å². The van der Waals surface area contributed by atoms with E-state index in [1.165, 1.54) is 0 Å². The Morgan fingerprint density at radius 2 is 0.889 bits per heavy atom. The van der Waals surface area contributed by atoms with E-state index in [0.29, 0.717) is 0 Å². The first-order valence-electron chi connectivity index (χ1n) is 2.79. The Morgan fingerprint density at radius 3 is 0.889 bits per heavy atom. The maximum Gasteiger partial charge on any atom is 0.148 e. The largest absolute Gasteiger partial charge is 0.148 e. The van der Waals surface area contributed by atoms with Gasteiger partial charge in [-0.1, -0.05) is 22.8 Å². The summed E-state index contributed by atoms with van der Waals surface area (Å²) in [5, 5.41) is 0. The standard InChI is InChI=1S/C8H12Si/c1-5-9(6-2,7-3)8-4/h5-8H,1-4H2. The quantitative estimate of drug-likeness (QED) is 0.520. The molecule has 0 aliphatic carbocycles. The first kappa shape index (κ1) is 8.18. The minimum Gasteiger partial charge on any atom is -0.106 e. The van der Waals surface area contributed by atoms with Crippen LogP contribution in [0, 0.1) is 0 Å². The summed E-state index contributed by atoms with van der Waals surface area (Å²) >= 11 is 0. The molecule has 48 valence electrons. The van der Waals surface area contributed by atoms with Crippen molar-refractivity contribution in [1.29, 1.82) is 0 Å². The molecule has 0 rings (SSSR count). The Kier molecular flexibility index (Phi) is 2.95. The maximum absolute atomic E-state index is 3.69. The van der Waals surface area contributed by atoms with Crippen LogP contribution in [-0.4, -0.2) is 8.07 Å². The van der Waals surface area contributed by atoms with E-state index in [1.807, 2.05) is 22.8 Å². The Balaban J connectivity index is 4.53. The van der Waals surface area contributed by atoms with Crippen molar-refractivity contribution in [3.8, 4) is 0 Å². The van der Waals surface area contributed by atoms with Gasteiger partial charge in [-0.15, -0.1) is 26.3 Å². The molecule has 0 unspecified atom stereocenters. The summed E-state index contributed by atoms with van der Waals surface area (Å²) in [6.45, 7) is 14.8. The van der Waals surface area contributed by atoms with Crippen LogP contribution in [0.15, 0.2) is 49.1 Å². The fraction of sp³-hybridized carbons (Fsp3) is 0. The lowest BCUT2D eigenvalue weighted by Gasteiger charge is -2.11. The summed E-state index contributed by atoms with van der Waals surface area (Å²) in [7, 11) is -1.64. The number of rotatable bonds is 4. The summed E-state index contributed by atoms with van der Waals surface area (Å²) < 4.78 is 0. The first-order valence-corrected chi connectivity index (χ1v) is 5.10. The molecular weight excluding hydrogens is 124 g/mol. The zero-order chi connectivity index (χ0) is 7.33. The molecule has 0 saturated heterocycles. The van der Waals surface area contributed by atoms with Gasteiger partial charge in [0, 0.05) is 0 Å². The fourth-order valence-electron chi connectivity index (χ4n) is 0.500. The second kappa shape index (κ2) is 3.25. The fourth-order valence-corrected chi connectivity index (χ4v) is 1.50. The predicted molar refractivity (Wildman–Crippen MR) is 46.5 cm³/mol. The highest BCUT2D eigenvalue weighted by atomic mass is 28.3. The molecule has 0 N–H and O–H groups in total. The molecule has 0 saturated carbocycles. The van der Waals surface area contributed by atoms with E-state index < -0.39 is 8.07 Å². The van der Waals surface area contributed by atoms with Crippen molar-refractivity contribution >= 4 is 8.07 Å². The molecular formula is C8H12Si. The number of hydrogen-bond donors (Lipinski definition) is 0. The van der Waals surface area contributed by atoms with Crippen LogP contribution in [0.3, 0.4) is 0 Å². The second-order valence-electron chi connectivity index (χ2n) is 1.82. The summed E-state index contributed by atoms with van der Waals surface area (Å²) in [5.74, 6) is 0. The second-order valence-corrected chi connectivity index (χ2v) is 5.45. The summed E-state index contributed by atoms with van der Waals surface area (Å²) in [5.41, 5.74) is 7.56. The van der Waals surface area contributed by atoms with E-state index in [1.54, 1.807) is 0 Å². The van der Waals surface area contributed by atoms with Crippen molar-refractivity contribution < 1.29 is 0 Å². The smallest absolute Gasteiger partial charge is 0.106 e.